The lowest BCUT2D eigenvalue weighted by Gasteiger charge is -2.44. The summed E-state index contributed by atoms with van der Waals surface area (Å²) in [5, 5.41) is 11.5. The maximum Gasteiger partial charge on any atom is 0.343 e. The quantitative estimate of drug-likeness (QED) is 0.554. The second-order valence-electron chi connectivity index (χ2n) is 8.10. The number of fused-ring (bicyclic) bond motifs is 3. The van der Waals surface area contributed by atoms with Crippen LogP contribution in [-0.2, 0) is 11.3 Å². The van der Waals surface area contributed by atoms with Gasteiger partial charge in [-0.2, -0.15) is 0 Å². The molecule has 0 bridgehead atoms. The smallest absolute Gasteiger partial charge is 0.343 e. The minimum Gasteiger partial charge on any atom is -0.492 e. The molecule has 0 radical (unpaired) electrons. The first-order valence-corrected chi connectivity index (χ1v) is 10.3. The summed E-state index contributed by atoms with van der Waals surface area (Å²) >= 11 is 6.43. The second kappa shape index (κ2) is 8.70. The van der Waals surface area contributed by atoms with Crippen molar-refractivity contribution in [2.24, 2.45) is 0 Å². The fraction of sp³-hybridized carbons (Fsp3) is 0.455. The van der Waals surface area contributed by atoms with Gasteiger partial charge in [-0.05, 0) is 45.4 Å². The number of carbonyl (C=O) groups is 1. The van der Waals surface area contributed by atoms with Crippen molar-refractivity contribution in [1.29, 1.82) is 0 Å². The number of ether oxygens (including phenoxy) is 2. The Balaban J connectivity index is 2.15. The van der Waals surface area contributed by atoms with Gasteiger partial charge in [-0.3, -0.25) is 9.47 Å². The first-order chi connectivity index (χ1) is 14.2. The number of aromatic nitrogens is 1. The maximum atomic E-state index is 12.7. The number of esters is 1. The van der Waals surface area contributed by atoms with Crippen LogP contribution in [-0.4, -0.2) is 41.1 Å². The third-order valence-electron chi connectivity index (χ3n) is 4.88. The molecule has 2 aromatic rings. The largest absolute Gasteiger partial charge is 0.492 e. The lowest BCUT2D eigenvalue weighted by atomic mass is 9.97. The average Bonchev–Trinajstić information content (AvgIpc) is 2.67. The van der Waals surface area contributed by atoms with Gasteiger partial charge in [-0.15, -0.1) is 0 Å². The third-order valence-corrected chi connectivity index (χ3v) is 5.17. The van der Waals surface area contributed by atoms with Crippen molar-refractivity contribution in [1.82, 2.24) is 4.68 Å². The van der Waals surface area contributed by atoms with Gasteiger partial charge < -0.3 is 19.6 Å². The Bertz CT molecular complexity index is 1010. The van der Waals surface area contributed by atoms with Crippen molar-refractivity contribution in [2.75, 3.05) is 24.8 Å². The molecule has 0 saturated carbocycles. The topological polar surface area (TPSA) is 81.0 Å². The van der Waals surface area contributed by atoms with E-state index in [4.69, 9.17) is 26.2 Å². The van der Waals surface area contributed by atoms with E-state index in [9.17, 15) is 9.59 Å². The Hall–Kier alpha value is -2.51. The molecule has 0 fully saturated rings. The number of halogens is 1. The second-order valence-corrected chi connectivity index (χ2v) is 8.50. The zero-order valence-corrected chi connectivity index (χ0v) is 18.5. The summed E-state index contributed by atoms with van der Waals surface area (Å²) in [7, 11) is 0. The fourth-order valence-corrected chi connectivity index (χ4v) is 3.62. The summed E-state index contributed by atoms with van der Waals surface area (Å²) in [6.07, 6.45) is 2.06. The molecule has 7 nitrogen and oxygen atoms in total. The number of pyridine rings is 1. The zero-order chi connectivity index (χ0) is 22.1. The number of rotatable bonds is 6. The highest BCUT2D eigenvalue weighted by Crippen LogP contribution is 2.38. The standard InChI is InChI=1S/C22H27ClN2O5/c1-5-29-21(28)16-13-24-18(11-19(16)27)15-10-17(23)20(30-8-6-7-26)9-14(15)12-25(24)22(2,3)4/h9-11,13,26H,5-8,12H2,1-4H3. The highest BCUT2D eigenvalue weighted by molar-refractivity contribution is 6.32. The lowest BCUT2D eigenvalue weighted by molar-refractivity contribution is 0.0523. The van der Waals surface area contributed by atoms with E-state index in [2.05, 4.69) is 25.8 Å². The minimum absolute atomic E-state index is 0.00615. The van der Waals surface area contributed by atoms with Gasteiger partial charge in [0.25, 0.3) is 0 Å². The van der Waals surface area contributed by atoms with E-state index < -0.39 is 11.4 Å². The van der Waals surface area contributed by atoms with Crippen LogP contribution in [0.5, 0.6) is 5.75 Å². The summed E-state index contributed by atoms with van der Waals surface area (Å²) in [6.45, 7) is 8.99. The first kappa shape index (κ1) is 22.2. The molecule has 1 aliphatic rings. The van der Waals surface area contributed by atoms with Crippen molar-refractivity contribution >= 4 is 17.6 Å². The van der Waals surface area contributed by atoms with Crippen molar-refractivity contribution in [2.45, 2.75) is 46.2 Å². The molecule has 1 N–H and O–H groups in total. The molecule has 0 unspecified atom stereocenters. The van der Waals surface area contributed by atoms with Crippen molar-refractivity contribution in [3.05, 3.63) is 50.8 Å². The van der Waals surface area contributed by atoms with Crippen LogP contribution in [0.1, 0.15) is 50.0 Å². The molecule has 30 heavy (non-hydrogen) atoms. The molecule has 0 amide bonds. The van der Waals surface area contributed by atoms with Gasteiger partial charge in [0.1, 0.15) is 11.3 Å². The van der Waals surface area contributed by atoms with E-state index in [1.165, 1.54) is 6.07 Å². The van der Waals surface area contributed by atoms with E-state index in [0.29, 0.717) is 36.0 Å². The maximum absolute atomic E-state index is 12.7. The van der Waals surface area contributed by atoms with Gasteiger partial charge in [0, 0.05) is 36.4 Å². The molecule has 8 heteroatoms. The Morgan fingerprint density at radius 2 is 2.00 bits per heavy atom. The SMILES string of the molecule is CCOC(=O)c1cn2c(cc1=O)-c1cc(Cl)c(OCCCO)cc1CN2C(C)(C)C. The molecule has 2 heterocycles. The number of benzene rings is 1. The molecule has 0 spiro atoms. The van der Waals surface area contributed by atoms with Crippen LogP contribution < -0.4 is 15.2 Å². The van der Waals surface area contributed by atoms with Crippen molar-refractivity contribution < 1.29 is 19.4 Å². The van der Waals surface area contributed by atoms with Crippen molar-refractivity contribution in [3.8, 4) is 17.0 Å². The molecule has 162 valence electrons. The summed E-state index contributed by atoms with van der Waals surface area (Å²) in [4.78, 5) is 25.0. The third kappa shape index (κ3) is 4.32. The summed E-state index contributed by atoms with van der Waals surface area (Å²) in [5.74, 6) is -0.0974. The highest BCUT2D eigenvalue weighted by Gasteiger charge is 2.31. The predicted molar refractivity (Wildman–Crippen MR) is 116 cm³/mol. The van der Waals surface area contributed by atoms with E-state index in [-0.39, 0.29) is 24.3 Å². The molecule has 0 saturated heterocycles. The van der Waals surface area contributed by atoms with Crippen molar-refractivity contribution in [3.63, 3.8) is 0 Å². The first-order valence-electron chi connectivity index (χ1n) is 9.95. The molecular formula is C22H27ClN2O5. The van der Waals surface area contributed by atoms with Gasteiger partial charge in [0.05, 0.1) is 30.5 Å². The number of aliphatic hydroxyl groups is 1. The molecule has 1 aromatic carbocycles. The van der Waals surface area contributed by atoms with Gasteiger partial charge in [-0.1, -0.05) is 11.6 Å². The zero-order valence-electron chi connectivity index (χ0n) is 17.7. The van der Waals surface area contributed by atoms with Crippen LogP contribution in [0.4, 0.5) is 0 Å². The Morgan fingerprint density at radius 1 is 1.27 bits per heavy atom. The summed E-state index contributed by atoms with van der Waals surface area (Å²) < 4.78 is 12.6. The number of carbonyl (C=O) groups excluding carboxylic acids is 1. The van der Waals surface area contributed by atoms with E-state index in [0.717, 1.165) is 11.1 Å². The monoisotopic (exact) mass is 434 g/mol. The Labute approximate surface area is 180 Å². The summed E-state index contributed by atoms with van der Waals surface area (Å²) in [5.41, 5.74) is 1.70. The van der Waals surface area contributed by atoms with E-state index in [1.807, 2.05) is 10.7 Å². The average molecular weight is 435 g/mol. The van der Waals surface area contributed by atoms with Crippen LogP contribution in [0.15, 0.2) is 29.2 Å². The molecule has 3 rings (SSSR count). The summed E-state index contributed by atoms with van der Waals surface area (Å²) in [6, 6.07) is 5.10. The van der Waals surface area contributed by atoms with Gasteiger partial charge in [0.15, 0.2) is 5.43 Å². The number of nitrogens with zero attached hydrogens (tertiary/aromatic N) is 2. The molecular weight excluding hydrogens is 408 g/mol. The minimum atomic E-state index is -0.636. The Kier molecular flexibility index (Phi) is 6.43. The highest BCUT2D eigenvalue weighted by atomic mass is 35.5. The van der Waals surface area contributed by atoms with Crippen LogP contribution in [0.3, 0.4) is 0 Å². The fourth-order valence-electron chi connectivity index (χ4n) is 3.41. The van der Waals surface area contributed by atoms with Gasteiger partial charge in [0.2, 0.25) is 0 Å². The van der Waals surface area contributed by atoms with Gasteiger partial charge in [-0.25, -0.2) is 4.79 Å². The van der Waals surface area contributed by atoms with E-state index >= 15 is 0 Å². The van der Waals surface area contributed by atoms with Crippen LogP contribution in [0, 0.1) is 0 Å². The van der Waals surface area contributed by atoms with Gasteiger partial charge >= 0.3 is 5.97 Å². The van der Waals surface area contributed by atoms with Crippen LogP contribution in [0.25, 0.3) is 11.3 Å². The predicted octanol–water partition coefficient (Wildman–Crippen LogP) is 3.36. The van der Waals surface area contributed by atoms with E-state index in [1.54, 1.807) is 19.2 Å². The Morgan fingerprint density at radius 3 is 2.63 bits per heavy atom. The molecule has 1 aliphatic heterocycles. The van der Waals surface area contributed by atoms with Crippen LogP contribution in [0.2, 0.25) is 5.02 Å². The number of hydrogen-bond donors (Lipinski definition) is 1. The normalized spacial score (nSPS) is 12.9. The van der Waals surface area contributed by atoms with Crippen LogP contribution >= 0.6 is 11.6 Å². The lowest BCUT2D eigenvalue weighted by Crippen LogP contribution is -2.51. The number of aliphatic hydroxyl groups excluding tert-OH is 1. The number of hydrogen-bond acceptors (Lipinski definition) is 6. The molecule has 1 aromatic heterocycles. The molecule has 0 aliphatic carbocycles. The molecule has 0 atom stereocenters.